The van der Waals surface area contributed by atoms with Crippen molar-refractivity contribution in [3.63, 3.8) is 0 Å². The van der Waals surface area contributed by atoms with Crippen molar-refractivity contribution in [2.24, 2.45) is 0 Å². The molecule has 2 aromatic heterocycles. The highest BCUT2D eigenvalue weighted by molar-refractivity contribution is 6.32. The Morgan fingerprint density at radius 2 is 1.94 bits per heavy atom. The number of benzene rings is 1. The van der Waals surface area contributed by atoms with Crippen LogP contribution in [0, 0.1) is 11.3 Å². The van der Waals surface area contributed by atoms with Gasteiger partial charge >= 0.3 is 6.18 Å². The molecule has 1 fully saturated rings. The third kappa shape index (κ3) is 5.49. The Morgan fingerprint density at radius 1 is 1.14 bits per heavy atom. The van der Waals surface area contributed by atoms with Crippen LogP contribution in [0.1, 0.15) is 17.7 Å². The van der Waals surface area contributed by atoms with Gasteiger partial charge in [0.2, 0.25) is 5.88 Å². The van der Waals surface area contributed by atoms with E-state index in [1.54, 1.807) is 35.4 Å². The first-order chi connectivity index (χ1) is 16.8. The molecule has 3 heterocycles. The molecule has 0 aliphatic carbocycles. The number of carbonyl (C=O) groups is 1. The molecule has 0 saturated carbocycles. The van der Waals surface area contributed by atoms with E-state index in [9.17, 15) is 23.2 Å². The van der Waals surface area contributed by atoms with Crippen molar-refractivity contribution in [2.75, 3.05) is 37.7 Å². The summed E-state index contributed by atoms with van der Waals surface area (Å²) in [5.41, 5.74) is -0.515. The van der Waals surface area contributed by atoms with Crippen LogP contribution in [0.25, 0.3) is 5.69 Å². The zero-order valence-corrected chi connectivity index (χ0v) is 19.1. The number of hydrogen-bond donors (Lipinski definition) is 0. The Bertz CT molecular complexity index is 1260. The molecular formula is C23H20ClF3N6O2. The van der Waals surface area contributed by atoms with Gasteiger partial charge < -0.3 is 14.5 Å². The Labute approximate surface area is 204 Å². The van der Waals surface area contributed by atoms with Gasteiger partial charge in [0.15, 0.2) is 12.3 Å². The molecule has 3 aromatic rings. The van der Waals surface area contributed by atoms with Crippen molar-refractivity contribution >= 4 is 23.3 Å². The number of amides is 1. The van der Waals surface area contributed by atoms with Gasteiger partial charge in [-0.2, -0.15) is 28.2 Å². The van der Waals surface area contributed by atoms with E-state index in [-0.39, 0.29) is 22.5 Å². The normalized spacial score (nSPS) is 14.4. The first-order valence-electron chi connectivity index (χ1n) is 10.7. The van der Waals surface area contributed by atoms with Gasteiger partial charge in [-0.1, -0.05) is 23.7 Å². The fraction of sp³-hybridized carbons (Fsp3) is 0.304. The zero-order valence-electron chi connectivity index (χ0n) is 18.4. The molecule has 0 bridgehead atoms. The number of anilines is 1. The van der Waals surface area contributed by atoms with Crippen LogP contribution in [0.4, 0.5) is 19.0 Å². The second kappa shape index (κ2) is 10.2. The van der Waals surface area contributed by atoms with Crippen molar-refractivity contribution < 1.29 is 22.7 Å². The summed E-state index contributed by atoms with van der Waals surface area (Å²) in [6.07, 6.45) is -2.46. The van der Waals surface area contributed by atoms with Gasteiger partial charge in [-0.05, 0) is 30.7 Å². The molecule has 182 valence electrons. The molecule has 8 nitrogen and oxygen atoms in total. The van der Waals surface area contributed by atoms with Gasteiger partial charge in [0.25, 0.3) is 5.91 Å². The zero-order chi connectivity index (χ0) is 25.0. The summed E-state index contributed by atoms with van der Waals surface area (Å²) in [6.45, 7) is 1.37. The van der Waals surface area contributed by atoms with E-state index in [1.165, 1.54) is 12.1 Å². The van der Waals surface area contributed by atoms with Crippen molar-refractivity contribution in [2.45, 2.75) is 12.6 Å². The standard InChI is InChI=1S/C23H20ClF3N6O2/c24-17-6-1-2-7-18(17)33-21(13-19(30-33)23(25,26)27)35-15-20(34)31-9-4-10-32(12-11-31)22-16(14-28)5-3-8-29-22/h1-3,5-8,13H,4,9-12,15H2. The maximum atomic E-state index is 13.3. The number of carbonyl (C=O) groups excluding carboxylic acids is 1. The summed E-state index contributed by atoms with van der Waals surface area (Å²) in [7, 11) is 0. The van der Waals surface area contributed by atoms with Crippen molar-refractivity contribution in [3.8, 4) is 17.6 Å². The first kappa shape index (κ1) is 24.3. The predicted octanol–water partition coefficient (Wildman–Crippen LogP) is 3.93. The summed E-state index contributed by atoms with van der Waals surface area (Å²) in [4.78, 5) is 20.7. The Morgan fingerprint density at radius 3 is 2.69 bits per heavy atom. The van der Waals surface area contributed by atoms with Gasteiger partial charge in [-0.15, -0.1) is 0 Å². The molecule has 4 rings (SSSR count). The minimum absolute atomic E-state index is 0.180. The monoisotopic (exact) mass is 504 g/mol. The molecular weight excluding hydrogens is 485 g/mol. The first-order valence-corrected chi connectivity index (χ1v) is 11.1. The number of pyridine rings is 1. The van der Waals surface area contributed by atoms with E-state index in [0.717, 1.165) is 10.7 Å². The number of aromatic nitrogens is 3. The number of nitrogens with zero attached hydrogens (tertiary/aromatic N) is 6. The van der Waals surface area contributed by atoms with Crippen LogP contribution >= 0.6 is 11.6 Å². The third-order valence-electron chi connectivity index (χ3n) is 5.45. The minimum atomic E-state index is -4.70. The summed E-state index contributed by atoms with van der Waals surface area (Å²) >= 11 is 6.14. The van der Waals surface area contributed by atoms with Crippen LogP contribution < -0.4 is 9.64 Å². The highest BCUT2D eigenvalue weighted by atomic mass is 35.5. The van der Waals surface area contributed by atoms with Gasteiger partial charge in [-0.3, -0.25) is 4.79 Å². The number of ether oxygens (including phenoxy) is 1. The molecule has 0 N–H and O–H groups in total. The largest absolute Gasteiger partial charge is 0.467 e. The quantitative estimate of drug-likeness (QED) is 0.523. The van der Waals surface area contributed by atoms with E-state index in [0.29, 0.717) is 44.0 Å². The predicted molar refractivity (Wildman–Crippen MR) is 121 cm³/mol. The number of alkyl halides is 3. The lowest BCUT2D eigenvalue weighted by molar-refractivity contribution is -0.141. The summed E-state index contributed by atoms with van der Waals surface area (Å²) in [5, 5.41) is 13.1. The third-order valence-corrected chi connectivity index (χ3v) is 5.77. The maximum Gasteiger partial charge on any atom is 0.435 e. The molecule has 12 heteroatoms. The number of para-hydroxylation sites is 1. The number of hydrogen-bond acceptors (Lipinski definition) is 6. The molecule has 1 amide bonds. The molecule has 1 aromatic carbocycles. The van der Waals surface area contributed by atoms with Gasteiger partial charge in [-0.25, -0.2) is 4.98 Å². The van der Waals surface area contributed by atoms with Crippen molar-refractivity contribution in [3.05, 3.63) is 64.9 Å². The minimum Gasteiger partial charge on any atom is -0.467 e. The van der Waals surface area contributed by atoms with Crippen LogP contribution in [0.3, 0.4) is 0 Å². The molecule has 0 unspecified atom stereocenters. The van der Waals surface area contributed by atoms with E-state index in [1.807, 2.05) is 4.90 Å². The van der Waals surface area contributed by atoms with E-state index in [4.69, 9.17) is 16.3 Å². The van der Waals surface area contributed by atoms with Crippen LogP contribution in [0.2, 0.25) is 5.02 Å². The van der Waals surface area contributed by atoms with Crippen LogP contribution in [-0.4, -0.2) is 58.4 Å². The van der Waals surface area contributed by atoms with E-state index < -0.39 is 18.5 Å². The van der Waals surface area contributed by atoms with Gasteiger partial charge in [0.1, 0.15) is 11.9 Å². The van der Waals surface area contributed by atoms with Crippen LogP contribution in [0.5, 0.6) is 5.88 Å². The molecule has 1 aliphatic rings. The topological polar surface area (TPSA) is 87.3 Å². The fourth-order valence-corrected chi connectivity index (χ4v) is 3.96. The van der Waals surface area contributed by atoms with Crippen LogP contribution in [-0.2, 0) is 11.0 Å². The molecule has 1 aliphatic heterocycles. The van der Waals surface area contributed by atoms with Gasteiger partial charge in [0.05, 0.1) is 16.3 Å². The Kier molecular flexibility index (Phi) is 7.12. The number of nitriles is 1. The summed E-state index contributed by atoms with van der Waals surface area (Å²) in [5.74, 6) is -0.0694. The van der Waals surface area contributed by atoms with E-state index >= 15 is 0 Å². The van der Waals surface area contributed by atoms with E-state index in [2.05, 4.69) is 16.2 Å². The molecule has 1 saturated heterocycles. The smallest absolute Gasteiger partial charge is 0.435 e. The average Bonchev–Trinajstić information content (AvgIpc) is 3.12. The maximum absolute atomic E-state index is 13.3. The van der Waals surface area contributed by atoms with Crippen molar-refractivity contribution in [1.82, 2.24) is 19.7 Å². The lowest BCUT2D eigenvalue weighted by Crippen LogP contribution is -2.38. The molecule has 0 atom stereocenters. The lowest BCUT2D eigenvalue weighted by Gasteiger charge is -2.23. The van der Waals surface area contributed by atoms with Crippen molar-refractivity contribution in [1.29, 1.82) is 5.26 Å². The van der Waals surface area contributed by atoms with Crippen LogP contribution in [0.15, 0.2) is 48.7 Å². The lowest BCUT2D eigenvalue weighted by atomic mass is 10.2. The Hall–Kier alpha value is -3.78. The Balaban J connectivity index is 1.46. The highest BCUT2D eigenvalue weighted by Crippen LogP contribution is 2.33. The number of halogens is 4. The second-order valence-electron chi connectivity index (χ2n) is 7.73. The molecule has 0 radical (unpaired) electrons. The fourth-order valence-electron chi connectivity index (χ4n) is 3.74. The second-order valence-corrected chi connectivity index (χ2v) is 8.13. The highest BCUT2D eigenvalue weighted by Gasteiger charge is 2.36. The number of rotatable bonds is 5. The summed E-state index contributed by atoms with van der Waals surface area (Å²) < 4.78 is 46.3. The molecule has 0 spiro atoms. The average molecular weight is 505 g/mol. The SMILES string of the molecule is N#Cc1cccnc1N1CCCN(C(=O)COc2cc(C(F)(F)F)nn2-c2ccccc2Cl)CC1. The van der Waals surface area contributed by atoms with Gasteiger partial charge in [0, 0.05) is 38.4 Å². The summed E-state index contributed by atoms with van der Waals surface area (Å²) in [6, 6.07) is 12.5. The molecule has 35 heavy (non-hydrogen) atoms.